The third-order valence-electron chi connectivity index (χ3n) is 3.31. The van der Waals surface area contributed by atoms with E-state index >= 15 is 0 Å². The number of carbonyl (C=O) groups is 1. The zero-order chi connectivity index (χ0) is 13.7. The van der Waals surface area contributed by atoms with Gasteiger partial charge in [0.2, 0.25) is 5.91 Å². The number of benzene rings is 1. The van der Waals surface area contributed by atoms with Gasteiger partial charge in [0.1, 0.15) is 12.4 Å². The summed E-state index contributed by atoms with van der Waals surface area (Å²) in [6, 6.07) is 8.08. The number of rotatable bonds is 4. The van der Waals surface area contributed by atoms with Crippen molar-refractivity contribution in [3.63, 3.8) is 0 Å². The van der Waals surface area contributed by atoms with Gasteiger partial charge in [-0.1, -0.05) is 0 Å². The SMILES string of the molecule is CC(=O)N1CCN(CCOc2ccc(I)cc2)CC1. The number of nitrogens with zero attached hydrogens (tertiary/aromatic N) is 2. The van der Waals surface area contributed by atoms with E-state index in [2.05, 4.69) is 27.5 Å². The number of amides is 1. The van der Waals surface area contributed by atoms with Gasteiger partial charge in [0.05, 0.1) is 0 Å². The molecule has 0 spiro atoms. The Morgan fingerprint density at radius 2 is 1.84 bits per heavy atom. The van der Waals surface area contributed by atoms with E-state index in [0.717, 1.165) is 38.5 Å². The zero-order valence-corrected chi connectivity index (χ0v) is 13.3. The highest BCUT2D eigenvalue weighted by molar-refractivity contribution is 14.1. The molecule has 1 aliphatic rings. The third kappa shape index (κ3) is 4.65. The lowest BCUT2D eigenvalue weighted by molar-refractivity contribution is -0.130. The molecule has 0 aromatic heterocycles. The van der Waals surface area contributed by atoms with Gasteiger partial charge in [0.25, 0.3) is 0 Å². The zero-order valence-electron chi connectivity index (χ0n) is 11.1. The van der Waals surface area contributed by atoms with Gasteiger partial charge in [0, 0.05) is 43.2 Å². The Kier molecular flexibility index (Phi) is 5.45. The van der Waals surface area contributed by atoms with Gasteiger partial charge in [-0.15, -0.1) is 0 Å². The minimum Gasteiger partial charge on any atom is -0.492 e. The van der Waals surface area contributed by atoms with Gasteiger partial charge in [-0.25, -0.2) is 0 Å². The van der Waals surface area contributed by atoms with E-state index in [4.69, 9.17) is 4.74 Å². The molecule has 0 saturated carbocycles. The molecule has 104 valence electrons. The minimum absolute atomic E-state index is 0.176. The Hall–Kier alpha value is -0.820. The standard InChI is InChI=1S/C14H19IN2O2/c1-12(18)17-8-6-16(7-9-17)10-11-19-14-4-2-13(15)3-5-14/h2-5H,6-11H2,1H3. The molecule has 5 heteroatoms. The molecule has 1 aromatic carbocycles. The van der Waals surface area contributed by atoms with Crippen LogP contribution in [0.4, 0.5) is 0 Å². The molecule has 2 rings (SSSR count). The summed E-state index contributed by atoms with van der Waals surface area (Å²) in [7, 11) is 0. The van der Waals surface area contributed by atoms with Crippen LogP contribution in [0.15, 0.2) is 24.3 Å². The fraction of sp³-hybridized carbons (Fsp3) is 0.500. The first-order valence-electron chi connectivity index (χ1n) is 6.51. The lowest BCUT2D eigenvalue weighted by atomic mass is 10.3. The third-order valence-corrected chi connectivity index (χ3v) is 4.03. The fourth-order valence-electron chi connectivity index (χ4n) is 2.11. The van der Waals surface area contributed by atoms with Gasteiger partial charge in [-0.05, 0) is 46.9 Å². The van der Waals surface area contributed by atoms with Gasteiger partial charge in [0.15, 0.2) is 0 Å². The molecule has 0 radical (unpaired) electrons. The number of piperazine rings is 1. The van der Waals surface area contributed by atoms with Gasteiger partial charge in [-0.2, -0.15) is 0 Å². The van der Waals surface area contributed by atoms with Crippen molar-refractivity contribution in [2.45, 2.75) is 6.92 Å². The largest absolute Gasteiger partial charge is 0.492 e. The number of carbonyl (C=O) groups excluding carboxylic acids is 1. The van der Waals surface area contributed by atoms with Crippen LogP contribution in [-0.4, -0.2) is 55.0 Å². The molecule has 1 fully saturated rings. The Morgan fingerprint density at radius 1 is 1.21 bits per heavy atom. The quantitative estimate of drug-likeness (QED) is 0.754. The van der Waals surface area contributed by atoms with Crippen LogP contribution in [0.5, 0.6) is 5.75 Å². The Labute approximate surface area is 127 Å². The van der Waals surface area contributed by atoms with Gasteiger partial charge < -0.3 is 9.64 Å². The highest BCUT2D eigenvalue weighted by Gasteiger charge is 2.17. The lowest BCUT2D eigenvalue weighted by Crippen LogP contribution is -2.48. The van der Waals surface area contributed by atoms with E-state index in [1.54, 1.807) is 6.92 Å². The van der Waals surface area contributed by atoms with E-state index in [-0.39, 0.29) is 5.91 Å². The molecular formula is C14H19IN2O2. The topological polar surface area (TPSA) is 32.8 Å². The second-order valence-corrected chi connectivity index (χ2v) is 5.90. The van der Waals surface area contributed by atoms with Crippen LogP contribution in [0.1, 0.15) is 6.92 Å². The van der Waals surface area contributed by atoms with Crippen molar-refractivity contribution in [2.24, 2.45) is 0 Å². The molecule has 1 aromatic rings. The van der Waals surface area contributed by atoms with Crippen LogP contribution < -0.4 is 4.74 Å². The Morgan fingerprint density at radius 3 is 2.42 bits per heavy atom. The summed E-state index contributed by atoms with van der Waals surface area (Å²) >= 11 is 2.28. The maximum Gasteiger partial charge on any atom is 0.219 e. The maximum absolute atomic E-state index is 11.2. The maximum atomic E-state index is 11.2. The van der Waals surface area contributed by atoms with Crippen LogP contribution in [0, 0.1) is 3.57 Å². The molecule has 1 saturated heterocycles. The normalized spacial score (nSPS) is 16.4. The predicted molar refractivity (Wildman–Crippen MR) is 83.3 cm³/mol. The van der Waals surface area contributed by atoms with Gasteiger partial charge in [-0.3, -0.25) is 9.69 Å². The summed E-state index contributed by atoms with van der Waals surface area (Å²) in [5.74, 6) is 1.09. The molecule has 1 aliphatic heterocycles. The van der Waals surface area contributed by atoms with Crippen molar-refractivity contribution in [3.05, 3.63) is 27.8 Å². The molecule has 19 heavy (non-hydrogen) atoms. The fourth-order valence-corrected chi connectivity index (χ4v) is 2.47. The summed E-state index contributed by atoms with van der Waals surface area (Å²) < 4.78 is 6.93. The molecular weight excluding hydrogens is 355 g/mol. The van der Waals surface area contributed by atoms with Crippen LogP contribution in [0.3, 0.4) is 0 Å². The summed E-state index contributed by atoms with van der Waals surface area (Å²) in [5, 5.41) is 0. The van der Waals surface area contributed by atoms with E-state index < -0.39 is 0 Å². The molecule has 0 bridgehead atoms. The van der Waals surface area contributed by atoms with Crippen molar-refractivity contribution in [1.82, 2.24) is 9.80 Å². The molecule has 1 heterocycles. The monoisotopic (exact) mass is 374 g/mol. The van der Waals surface area contributed by atoms with Gasteiger partial charge >= 0.3 is 0 Å². The van der Waals surface area contributed by atoms with Crippen LogP contribution in [-0.2, 0) is 4.79 Å². The Balaban J connectivity index is 1.67. The summed E-state index contributed by atoms with van der Waals surface area (Å²) in [6.07, 6.45) is 0. The molecule has 0 aliphatic carbocycles. The highest BCUT2D eigenvalue weighted by atomic mass is 127. The number of ether oxygens (including phenoxy) is 1. The molecule has 1 amide bonds. The van der Waals surface area contributed by atoms with E-state index in [0.29, 0.717) is 6.61 Å². The summed E-state index contributed by atoms with van der Waals surface area (Å²) in [6.45, 7) is 6.79. The first kappa shape index (κ1) is 14.6. The number of hydrogen-bond donors (Lipinski definition) is 0. The summed E-state index contributed by atoms with van der Waals surface area (Å²) in [4.78, 5) is 15.5. The number of halogens is 1. The van der Waals surface area contributed by atoms with Crippen molar-refractivity contribution >= 4 is 28.5 Å². The predicted octanol–water partition coefficient (Wildman–Crippen LogP) is 1.83. The van der Waals surface area contributed by atoms with Crippen molar-refractivity contribution in [2.75, 3.05) is 39.3 Å². The second-order valence-electron chi connectivity index (χ2n) is 4.65. The lowest BCUT2D eigenvalue weighted by Gasteiger charge is -2.34. The molecule has 4 nitrogen and oxygen atoms in total. The molecule has 0 unspecified atom stereocenters. The smallest absolute Gasteiger partial charge is 0.219 e. The van der Waals surface area contributed by atoms with E-state index in [1.165, 1.54) is 3.57 Å². The average molecular weight is 374 g/mol. The van der Waals surface area contributed by atoms with Crippen molar-refractivity contribution in [1.29, 1.82) is 0 Å². The summed E-state index contributed by atoms with van der Waals surface area (Å²) in [5.41, 5.74) is 0. The minimum atomic E-state index is 0.176. The van der Waals surface area contributed by atoms with Crippen LogP contribution >= 0.6 is 22.6 Å². The molecule has 0 atom stereocenters. The van der Waals surface area contributed by atoms with Crippen LogP contribution in [0.25, 0.3) is 0 Å². The van der Waals surface area contributed by atoms with Crippen molar-refractivity contribution < 1.29 is 9.53 Å². The average Bonchev–Trinajstić information content (AvgIpc) is 2.41. The van der Waals surface area contributed by atoms with Crippen molar-refractivity contribution in [3.8, 4) is 5.75 Å². The van der Waals surface area contributed by atoms with Crippen LogP contribution in [0.2, 0.25) is 0 Å². The Bertz CT molecular complexity index is 414. The first-order valence-corrected chi connectivity index (χ1v) is 7.59. The second kappa shape index (κ2) is 7.09. The van der Waals surface area contributed by atoms with E-state index in [1.807, 2.05) is 29.2 Å². The van der Waals surface area contributed by atoms with E-state index in [9.17, 15) is 4.79 Å². The number of hydrogen-bond acceptors (Lipinski definition) is 3. The highest BCUT2D eigenvalue weighted by Crippen LogP contribution is 2.13. The molecule has 0 N–H and O–H groups in total. The first-order chi connectivity index (χ1) is 9.15.